The van der Waals surface area contributed by atoms with E-state index in [4.69, 9.17) is 13.0 Å². The van der Waals surface area contributed by atoms with Gasteiger partial charge in [0.1, 0.15) is 6.54 Å². The first-order valence-electron chi connectivity index (χ1n) is 8.75. The van der Waals surface area contributed by atoms with E-state index in [0.717, 1.165) is 0 Å². The maximum atomic E-state index is 9.08. The van der Waals surface area contributed by atoms with Crippen LogP contribution in [-0.4, -0.2) is 19.2 Å². The molecule has 134 valence electrons. The molecule has 1 heterocycles. The summed E-state index contributed by atoms with van der Waals surface area (Å²) in [5.74, 6) is 0. The Kier molecular flexibility index (Phi) is 12.9. The quantitative estimate of drug-likeness (QED) is 0.368. The van der Waals surface area contributed by atoms with Crippen molar-refractivity contribution in [3.8, 4) is 0 Å². The highest BCUT2D eigenvalue weighted by Crippen LogP contribution is 2.06. The van der Waals surface area contributed by atoms with Gasteiger partial charge < -0.3 is 4.55 Å². The Morgan fingerprint density at radius 1 is 0.913 bits per heavy atom. The van der Waals surface area contributed by atoms with E-state index < -0.39 is 10.1 Å². The van der Waals surface area contributed by atoms with Crippen LogP contribution >= 0.6 is 0 Å². The summed E-state index contributed by atoms with van der Waals surface area (Å²) >= 11 is 0. The molecule has 0 spiro atoms. The van der Waals surface area contributed by atoms with Gasteiger partial charge in [0.2, 0.25) is 0 Å². The number of unbranched alkanes of at least 4 members (excludes halogenated alkanes) is 6. The fourth-order valence-electron chi connectivity index (χ4n) is 2.34. The van der Waals surface area contributed by atoms with Gasteiger partial charge in [-0.05, 0) is 18.4 Å². The number of hydrogen-bond donors (Lipinski definition) is 0. The van der Waals surface area contributed by atoms with E-state index in [1.807, 2.05) is 0 Å². The van der Waals surface area contributed by atoms with Crippen molar-refractivity contribution in [2.45, 2.75) is 78.2 Å². The van der Waals surface area contributed by atoms with Crippen molar-refractivity contribution in [1.82, 2.24) is 0 Å². The minimum absolute atomic E-state index is 0.604. The fourth-order valence-corrected chi connectivity index (χ4v) is 2.34. The first-order valence-corrected chi connectivity index (χ1v) is 10.6. The third-order valence-electron chi connectivity index (χ3n) is 3.52. The van der Waals surface area contributed by atoms with Gasteiger partial charge in [-0.25, -0.2) is 13.0 Å². The van der Waals surface area contributed by atoms with Gasteiger partial charge in [-0.1, -0.05) is 52.4 Å². The van der Waals surface area contributed by atoms with Crippen LogP contribution in [0, 0.1) is 0 Å². The monoisotopic (exact) mass is 343 g/mol. The molecule has 23 heavy (non-hydrogen) atoms. The van der Waals surface area contributed by atoms with Crippen molar-refractivity contribution in [2.24, 2.45) is 0 Å². The summed E-state index contributed by atoms with van der Waals surface area (Å²) in [5, 5.41) is 0. The summed E-state index contributed by atoms with van der Waals surface area (Å²) in [4.78, 5) is 0. The second-order valence-corrected chi connectivity index (χ2v) is 7.43. The van der Waals surface area contributed by atoms with Gasteiger partial charge in [0.15, 0.2) is 12.4 Å². The summed E-state index contributed by atoms with van der Waals surface area (Å²) in [6.45, 7) is 5.69. The third-order valence-corrected chi connectivity index (χ3v) is 3.52. The molecule has 0 unspecified atom stereocenters. The molecule has 0 saturated heterocycles. The maximum Gasteiger partial charge on any atom is 0.169 e. The molecule has 0 N–H and O–H groups in total. The molecule has 0 atom stereocenters. The topological polar surface area (TPSA) is 61.1 Å². The van der Waals surface area contributed by atoms with Crippen molar-refractivity contribution < 1.29 is 17.5 Å². The third kappa shape index (κ3) is 17.2. The van der Waals surface area contributed by atoms with Crippen LogP contribution in [0.4, 0.5) is 0 Å². The highest BCUT2D eigenvalue weighted by atomic mass is 32.2. The lowest BCUT2D eigenvalue weighted by molar-refractivity contribution is -0.697. The second kappa shape index (κ2) is 13.5. The molecule has 0 fully saturated rings. The van der Waals surface area contributed by atoms with Crippen molar-refractivity contribution in [3.05, 3.63) is 30.1 Å². The van der Waals surface area contributed by atoms with E-state index in [0.29, 0.717) is 6.26 Å². The van der Waals surface area contributed by atoms with E-state index in [2.05, 4.69) is 42.9 Å². The standard InChI is InChI=1S/C17H30N.CH4O3S/c1-3-5-6-7-8-9-10-14-18-15-12-17(11-4-2)13-16-18;1-5(2,3)4/h12-13,15-16H,3-11,14H2,1-2H3;1H3,(H,2,3,4)/q+1;/p-1. The summed E-state index contributed by atoms with van der Waals surface area (Å²) in [7, 11) is -3.92. The van der Waals surface area contributed by atoms with Crippen LogP contribution in [0.25, 0.3) is 0 Å². The molecule has 0 bridgehead atoms. The van der Waals surface area contributed by atoms with Crippen molar-refractivity contribution >= 4 is 10.1 Å². The first-order chi connectivity index (χ1) is 10.9. The van der Waals surface area contributed by atoms with Gasteiger partial charge in [-0.15, -0.1) is 0 Å². The van der Waals surface area contributed by atoms with Gasteiger partial charge in [0, 0.05) is 24.8 Å². The molecule has 0 aliphatic rings. The minimum atomic E-state index is -3.92. The lowest BCUT2D eigenvalue weighted by Gasteiger charge is -2.00. The zero-order chi connectivity index (χ0) is 17.6. The van der Waals surface area contributed by atoms with Gasteiger partial charge in [0.05, 0.1) is 10.1 Å². The van der Waals surface area contributed by atoms with E-state index >= 15 is 0 Å². The summed E-state index contributed by atoms with van der Waals surface area (Å²) in [5.41, 5.74) is 1.47. The molecule has 0 aliphatic heterocycles. The Hall–Kier alpha value is -0.940. The van der Waals surface area contributed by atoms with E-state index in [1.54, 1.807) is 0 Å². The Balaban J connectivity index is 0.000000841. The molecule has 1 aromatic heterocycles. The van der Waals surface area contributed by atoms with E-state index in [1.165, 1.54) is 69.9 Å². The van der Waals surface area contributed by atoms with Crippen molar-refractivity contribution in [3.63, 3.8) is 0 Å². The van der Waals surface area contributed by atoms with Gasteiger partial charge in [0.25, 0.3) is 0 Å². The average molecular weight is 344 g/mol. The first kappa shape index (κ1) is 22.1. The Bertz CT molecular complexity index is 475. The summed E-state index contributed by atoms with van der Waals surface area (Å²) < 4.78 is 29.6. The number of aryl methyl sites for hydroxylation is 2. The largest absolute Gasteiger partial charge is 0.748 e. The van der Waals surface area contributed by atoms with Crippen LogP contribution in [0.2, 0.25) is 0 Å². The molecule has 0 amide bonds. The fraction of sp³-hybridized carbons (Fsp3) is 0.722. The Morgan fingerprint density at radius 2 is 1.39 bits per heavy atom. The van der Waals surface area contributed by atoms with Crippen LogP contribution in [0.3, 0.4) is 0 Å². The van der Waals surface area contributed by atoms with Gasteiger partial charge >= 0.3 is 0 Å². The SMILES string of the molecule is CCCCCCCCC[n+]1ccc(CCC)cc1.CS(=O)(=O)[O-]. The summed E-state index contributed by atoms with van der Waals surface area (Å²) in [6.07, 6.45) is 17.2. The Labute approximate surface area is 142 Å². The predicted octanol–water partition coefficient (Wildman–Crippen LogP) is 3.84. The second-order valence-electron chi connectivity index (χ2n) is 6.02. The predicted molar refractivity (Wildman–Crippen MR) is 94.2 cm³/mol. The molecule has 0 saturated carbocycles. The molecule has 4 nitrogen and oxygen atoms in total. The van der Waals surface area contributed by atoms with E-state index in [9.17, 15) is 0 Å². The smallest absolute Gasteiger partial charge is 0.169 e. The molecule has 0 aromatic carbocycles. The highest BCUT2D eigenvalue weighted by Gasteiger charge is 2.00. The normalized spacial score (nSPS) is 11.0. The zero-order valence-electron chi connectivity index (χ0n) is 15.0. The highest BCUT2D eigenvalue weighted by molar-refractivity contribution is 7.84. The number of rotatable bonds is 10. The summed E-state index contributed by atoms with van der Waals surface area (Å²) in [6, 6.07) is 4.54. The number of pyridine rings is 1. The van der Waals surface area contributed by atoms with Gasteiger partial charge in [-0.3, -0.25) is 0 Å². The molecular formula is C18H33NO3S. The molecule has 1 aromatic rings. The van der Waals surface area contributed by atoms with Crippen molar-refractivity contribution in [1.29, 1.82) is 0 Å². The van der Waals surface area contributed by atoms with Crippen LogP contribution < -0.4 is 4.57 Å². The Morgan fingerprint density at radius 3 is 1.87 bits per heavy atom. The van der Waals surface area contributed by atoms with Crippen molar-refractivity contribution in [2.75, 3.05) is 6.26 Å². The van der Waals surface area contributed by atoms with Crippen LogP contribution in [0.5, 0.6) is 0 Å². The average Bonchev–Trinajstić information content (AvgIpc) is 2.47. The molecule has 1 rings (SSSR count). The van der Waals surface area contributed by atoms with E-state index in [-0.39, 0.29) is 0 Å². The lowest BCUT2D eigenvalue weighted by atomic mass is 10.1. The van der Waals surface area contributed by atoms with Gasteiger partial charge in [-0.2, -0.15) is 0 Å². The molecule has 0 radical (unpaired) electrons. The molecular weight excluding hydrogens is 310 g/mol. The number of aromatic nitrogens is 1. The van der Waals surface area contributed by atoms with Crippen LogP contribution in [0.15, 0.2) is 24.5 Å². The minimum Gasteiger partial charge on any atom is -0.748 e. The molecule has 0 aliphatic carbocycles. The number of nitrogens with zero attached hydrogens (tertiary/aromatic N) is 1. The van der Waals surface area contributed by atoms with Crippen LogP contribution in [0.1, 0.15) is 70.8 Å². The lowest BCUT2D eigenvalue weighted by Crippen LogP contribution is -2.32. The maximum absolute atomic E-state index is 9.08. The zero-order valence-corrected chi connectivity index (χ0v) is 15.8. The number of hydrogen-bond acceptors (Lipinski definition) is 3. The molecule has 5 heteroatoms. The van der Waals surface area contributed by atoms with Crippen LogP contribution in [-0.2, 0) is 23.1 Å².